The second kappa shape index (κ2) is 7.02. The molecule has 0 saturated carbocycles. The highest BCUT2D eigenvalue weighted by Crippen LogP contribution is 2.31. The second-order valence-electron chi connectivity index (χ2n) is 8.57. The summed E-state index contributed by atoms with van der Waals surface area (Å²) in [5.74, 6) is 0.926. The highest BCUT2D eigenvalue weighted by molar-refractivity contribution is 6.05. The van der Waals surface area contributed by atoms with Gasteiger partial charge >= 0.3 is 0 Å². The molecule has 0 aliphatic carbocycles. The van der Waals surface area contributed by atoms with Crippen molar-refractivity contribution in [2.75, 3.05) is 18.4 Å². The quantitative estimate of drug-likeness (QED) is 0.801. The highest BCUT2D eigenvalue weighted by Gasteiger charge is 2.46. The van der Waals surface area contributed by atoms with E-state index in [1.165, 1.54) is 5.56 Å². The molecule has 1 atom stereocenters. The van der Waals surface area contributed by atoms with E-state index in [-0.39, 0.29) is 17.0 Å². The van der Waals surface area contributed by atoms with E-state index < -0.39 is 0 Å². The number of hydrogen-bond donors (Lipinski definition) is 2. The number of carbonyl (C=O) groups is 1. The van der Waals surface area contributed by atoms with Crippen LogP contribution in [0.15, 0.2) is 53.8 Å². The van der Waals surface area contributed by atoms with Crippen LogP contribution in [0.3, 0.4) is 0 Å². The maximum Gasteiger partial charge on any atom is 0.255 e. The van der Waals surface area contributed by atoms with E-state index in [1.54, 1.807) is 18.5 Å². The van der Waals surface area contributed by atoms with E-state index in [1.807, 2.05) is 23.1 Å². The number of nitrogens with zero attached hydrogens (tertiary/aromatic N) is 3. The summed E-state index contributed by atoms with van der Waals surface area (Å²) in [7, 11) is 0. The Labute approximate surface area is 166 Å². The lowest BCUT2D eigenvalue weighted by Gasteiger charge is -2.32. The third-order valence-corrected chi connectivity index (χ3v) is 5.25. The summed E-state index contributed by atoms with van der Waals surface area (Å²) in [6.07, 6.45) is 4.13. The van der Waals surface area contributed by atoms with Crippen LogP contribution in [0.1, 0.15) is 43.1 Å². The zero-order valence-corrected chi connectivity index (χ0v) is 16.7. The minimum atomic E-state index is -0.385. The topological polar surface area (TPSA) is 69.6 Å². The Bertz CT molecular complexity index is 903. The van der Waals surface area contributed by atoms with Crippen molar-refractivity contribution < 1.29 is 4.79 Å². The molecule has 0 radical (unpaired) electrons. The Kier molecular flexibility index (Phi) is 4.67. The Morgan fingerprint density at radius 3 is 2.79 bits per heavy atom. The van der Waals surface area contributed by atoms with Crippen molar-refractivity contribution in [2.45, 2.75) is 44.8 Å². The number of amidine groups is 1. The SMILES string of the molecule is CC(C)(C)N=C1Nc2ccccc2CN[C@]12CCN(C(=O)c1cccnc1)C2. The number of pyridine rings is 1. The molecule has 2 aliphatic heterocycles. The van der Waals surface area contributed by atoms with Crippen molar-refractivity contribution >= 4 is 17.4 Å². The molecular formula is C22H27N5O. The second-order valence-corrected chi connectivity index (χ2v) is 8.57. The maximum atomic E-state index is 13.0. The van der Waals surface area contributed by atoms with Crippen molar-refractivity contribution in [2.24, 2.45) is 4.99 Å². The van der Waals surface area contributed by atoms with E-state index in [2.05, 4.69) is 48.5 Å². The van der Waals surface area contributed by atoms with Gasteiger partial charge in [0, 0.05) is 37.7 Å². The van der Waals surface area contributed by atoms with E-state index in [0.29, 0.717) is 18.7 Å². The molecule has 6 heteroatoms. The fraction of sp³-hybridized carbons (Fsp3) is 0.409. The van der Waals surface area contributed by atoms with E-state index in [4.69, 9.17) is 4.99 Å². The number of benzene rings is 1. The minimum absolute atomic E-state index is 0.0173. The Hall–Kier alpha value is -2.73. The number of anilines is 1. The number of amides is 1. The van der Waals surface area contributed by atoms with Gasteiger partial charge in [-0.2, -0.15) is 0 Å². The van der Waals surface area contributed by atoms with Crippen molar-refractivity contribution in [1.29, 1.82) is 0 Å². The Balaban J connectivity index is 1.67. The number of carbonyl (C=O) groups excluding carboxylic acids is 1. The van der Waals surface area contributed by atoms with Crippen LogP contribution >= 0.6 is 0 Å². The number of para-hydroxylation sites is 1. The molecule has 1 spiro atoms. The number of nitrogens with one attached hydrogen (secondary N) is 2. The molecule has 0 unspecified atom stereocenters. The van der Waals surface area contributed by atoms with Crippen molar-refractivity contribution in [3.8, 4) is 0 Å². The molecule has 6 nitrogen and oxygen atoms in total. The highest BCUT2D eigenvalue weighted by atomic mass is 16.2. The van der Waals surface area contributed by atoms with E-state index in [9.17, 15) is 4.79 Å². The van der Waals surface area contributed by atoms with Crippen LogP contribution in [0, 0.1) is 0 Å². The third kappa shape index (κ3) is 3.64. The summed E-state index contributed by atoms with van der Waals surface area (Å²) in [6.45, 7) is 8.29. The van der Waals surface area contributed by atoms with Crippen LogP contribution in [-0.4, -0.2) is 45.8 Å². The van der Waals surface area contributed by atoms with Crippen molar-refractivity contribution in [1.82, 2.24) is 15.2 Å². The van der Waals surface area contributed by atoms with Gasteiger partial charge in [0.2, 0.25) is 0 Å². The summed E-state index contributed by atoms with van der Waals surface area (Å²) in [4.78, 5) is 24.0. The van der Waals surface area contributed by atoms with Gasteiger partial charge < -0.3 is 10.2 Å². The van der Waals surface area contributed by atoms with Gasteiger partial charge in [-0.25, -0.2) is 0 Å². The van der Waals surface area contributed by atoms with Crippen LogP contribution < -0.4 is 10.6 Å². The van der Waals surface area contributed by atoms with Crippen molar-refractivity contribution in [3.05, 3.63) is 59.9 Å². The number of hydrogen-bond acceptors (Lipinski definition) is 4. The molecule has 1 amide bonds. The summed E-state index contributed by atoms with van der Waals surface area (Å²) in [5.41, 5.74) is 2.30. The average molecular weight is 377 g/mol. The smallest absolute Gasteiger partial charge is 0.255 e. The number of fused-ring (bicyclic) bond motifs is 1. The van der Waals surface area contributed by atoms with Crippen LogP contribution in [0.4, 0.5) is 5.69 Å². The molecule has 3 heterocycles. The first-order valence-electron chi connectivity index (χ1n) is 9.76. The Morgan fingerprint density at radius 1 is 1.21 bits per heavy atom. The molecule has 1 aromatic carbocycles. The standard InChI is InChI=1S/C22H27N5O/c1-21(2,3)26-20-22(24-14-16-7-4-5-9-18(16)25-20)10-12-27(15-22)19(28)17-8-6-11-23-13-17/h4-9,11,13,24H,10,12,14-15H2,1-3H3,(H,25,26)/t22-/m0/s1. The normalized spacial score (nSPS) is 23.4. The van der Waals surface area contributed by atoms with Crippen LogP contribution in [0.25, 0.3) is 0 Å². The first kappa shape index (κ1) is 18.6. The first-order valence-corrected chi connectivity index (χ1v) is 9.76. The van der Waals surface area contributed by atoms with Gasteiger partial charge in [0.05, 0.1) is 16.6 Å². The lowest BCUT2D eigenvalue weighted by atomic mass is 9.95. The maximum absolute atomic E-state index is 13.0. The molecule has 2 aliphatic rings. The fourth-order valence-corrected chi connectivity index (χ4v) is 3.85. The van der Waals surface area contributed by atoms with Gasteiger partial charge in [0.1, 0.15) is 5.84 Å². The Morgan fingerprint density at radius 2 is 2.04 bits per heavy atom. The van der Waals surface area contributed by atoms with E-state index >= 15 is 0 Å². The number of aromatic nitrogens is 1. The number of aliphatic imine (C=N–C) groups is 1. The molecule has 1 fully saturated rings. The lowest BCUT2D eigenvalue weighted by molar-refractivity contribution is 0.0785. The van der Waals surface area contributed by atoms with Gasteiger partial charge in [0.15, 0.2) is 0 Å². The molecule has 2 N–H and O–H groups in total. The molecular weight excluding hydrogens is 350 g/mol. The van der Waals surface area contributed by atoms with Crippen LogP contribution in [-0.2, 0) is 6.54 Å². The lowest BCUT2D eigenvalue weighted by Crippen LogP contribution is -2.56. The summed E-state index contributed by atoms with van der Waals surface area (Å²) in [5, 5.41) is 7.30. The third-order valence-electron chi connectivity index (χ3n) is 5.25. The zero-order valence-electron chi connectivity index (χ0n) is 16.7. The molecule has 1 saturated heterocycles. The monoisotopic (exact) mass is 377 g/mol. The largest absolute Gasteiger partial charge is 0.342 e. The van der Waals surface area contributed by atoms with Crippen molar-refractivity contribution in [3.63, 3.8) is 0 Å². The predicted octanol–water partition coefficient (Wildman–Crippen LogP) is 3.08. The molecule has 146 valence electrons. The van der Waals surface area contributed by atoms with Gasteiger partial charge in [-0.05, 0) is 51.0 Å². The zero-order chi connectivity index (χ0) is 19.8. The summed E-state index contributed by atoms with van der Waals surface area (Å²) in [6, 6.07) is 11.9. The average Bonchev–Trinajstić information content (AvgIpc) is 3.05. The molecule has 1 aromatic heterocycles. The van der Waals surface area contributed by atoms with Gasteiger partial charge in [0.25, 0.3) is 5.91 Å². The van der Waals surface area contributed by atoms with Gasteiger partial charge in [-0.15, -0.1) is 0 Å². The van der Waals surface area contributed by atoms with Crippen LogP contribution in [0.2, 0.25) is 0 Å². The molecule has 4 rings (SSSR count). The predicted molar refractivity (Wildman–Crippen MR) is 112 cm³/mol. The number of likely N-dealkylation sites (tertiary alicyclic amines) is 1. The fourth-order valence-electron chi connectivity index (χ4n) is 3.85. The van der Waals surface area contributed by atoms with E-state index in [0.717, 1.165) is 24.5 Å². The molecule has 28 heavy (non-hydrogen) atoms. The minimum Gasteiger partial charge on any atom is -0.342 e. The van der Waals surface area contributed by atoms with Gasteiger partial charge in [-0.3, -0.25) is 20.1 Å². The molecule has 2 aromatic rings. The van der Waals surface area contributed by atoms with Crippen LogP contribution in [0.5, 0.6) is 0 Å². The first-order chi connectivity index (χ1) is 13.4. The summed E-state index contributed by atoms with van der Waals surface area (Å²) >= 11 is 0. The summed E-state index contributed by atoms with van der Waals surface area (Å²) < 4.78 is 0. The van der Waals surface area contributed by atoms with Gasteiger partial charge in [-0.1, -0.05) is 18.2 Å². The molecule has 0 bridgehead atoms. The number of rotatable bonds is 1.